The summed E-state index contributed by atoms with van der Waals surface area (Å²) in [7, 11) is 0.750. The maximum absolute atomic E-state index is 6.94. The fraction of sp³-hybridized carbons (Fsp3) is 0.615. The van der Waals surface area contributed by atoms with Gasteiger partial charge in [0.2, 0.25) is 0 Å². The summed E-state index contributed by atoms with van der Waals surface area (Å²) in [4.78, 5) is 0. The van der Waals surface area contributed by atoms with Crippen molar-refractivity contribution in [3.8, 4) is 0 Å². The summed E-state index contributed by atoms with van der Waals surface area (Å²) in [5, 5.41) is 0. The van der Waals surface area contributed by atoms with Crippen LogP contribution in [0, 0.1) is 6.92 Å². The SMILES string of the molecule is C=C(C)C=C([CH2-])C.CC(C)(C)[NH-].C[SiH]C.[Cl-].[Cl-].[Ti+4]. The van der Waals surface area contributed by atoms with Crippen molar-refractivity contribution in [2.24, 2.45) is 0 Å². The van der Waals surface area contributed by atoms with Crippen LogP contribution in [-0.4, -0.2) is 15.1 Å². The zero-order valence-electron chi connectivity index (χ0n) is 12.8. The molecule has 0 saturated carbocycles. The van der Waals surface area contributed by atoms with E-state index in [-0.39, 0.29) is 52.1 Å². The third-order valence-corrected chi connectivity index (χ3v) is 0.493. The van der Waals surface area contributed by atoms with Crippen LogP contribution in [0.1, 0.15) is 34.6 Å². The standard InChI is InChI=1S/C7H11.C4H10N.C2H7Si.2ClH.Ti/c1-6(2)5-7(3)4;1-4(2,3)5;1-3-2;;;/h5H,1,3H2,2,4H3;5H,1-3H3;3H,1-2H3;2*1H;/q2*-1;;;;+4/p-2. The summed E-state index contributed by atoms with van der Waals surface area (Å²) < 4.78 is 0. The molecule has 0 aromatic rings. The van der Waals surface area contributed by atoms with Gasteiger partial charge in [-0.2, -0.15) is 0 Å². The zero-order valence-corrected chi connectivity index (χ0v) is 17.1. The van der Waals surface area contributed by atoms with E-state index >= 15 is 0 Å². The summed E-state index contributed by atoms with van der Waals surface area (Å²) in [5.74, 6) is 0. The molecule has 1 nitrogen and oxygen atoms in total. The van der Waals surface area contributed by atoms with Crippen molar-refractivity contribution in [1.29, 1.82) is 0 Å². The molecule has 0 unspecified atom stereocenters. The predicted octanol–water partition coefficient (Wildman–Crippen LogP) is -1.30. The smallest absolute Gasteiger partial charge is 1.00 e. The molecule has 0 atom stereocenters. The molecule has 0 heterocycles. The van der Waals surface area contributed by atoms with Crippen LogP contribution < -0.4 is 24.8 Å². The summed E-state index contributed by atoms with van der Waals surface area (Å²) in [5.41, 5.74) is 8.81. The van der Waals surface area contributed by atoms with Crippen LogP contribution in [0.25, 0.3) is 5.73 Å². The number of allylic oxidation sites excluding steroid dienone is 3. The normalized spacial score (nSPS) is 8.78. The van der Waals surface area contributed by atoms with Gasteiger partial charge < -0.3 is 30.5 Å². The second kappa shape index (κ2) is 23.0. The van der Waals surface area contributed by atoms with E-state index in [0.717, 1.165) is 20.7 Å². The van der Waals surface area contributed by atoms with E-state index in [9.17, 15) is 0 Å². The van der Waals surface area contributed by atoms with Crippen molar-refractivity contribution in [3.63, 3.8) is 0 Å². The van der Waals surface area contributed by atoms with Gasteiger partial charge in [0.05, 0.1) is 0 Å². The Kier molecular flexibility index (Phi) is 46.4. The van der Waals surface area contributed by atoms with Gasteiger partial charge in [0.1, 0.15) is 0 Å². The van der Waals surface area contributed by atoms with E-state index < -0.39 is 0 Å². The molecule has 0 fully saturated rings. The van der Waals surface area contributed by atoms with Crippen molar-refractivity contribution in [2.75, 3.05) is 0 Å². The van der Waals surface area contributed by atoms with Crippen LogP contribution in [0.4, 0.5) is 0 Å². The van der Waals surface area contributed by atoms with E-state index in [1.165, 1.54) is 0 Å². The van der Waals surface area contributed by atoms with Crippen LogP contribution in [0.2, 0.25) is 13.1 Å². The number of nitrogens with one attached hydrogen (secondary N) is 1. The van der Waals surface area contributed by atoms with Gasteiger partial charge in [0.25, 0.3) is 0 Å². The van der Waals surface area contributed by atoms with E-state index in [1.807, 2.05) is 40.7 Å². The Morgan fingerprint density at radius 2 is 1.33 bits per heavy atom. The molecule has 0 bridgehead atoms. The van der Waals surface area contributed by atoms with Gasteiger partial charge in [0, 0.05) is 9.52 Å². The molecular weight excluding hydrogens is 317 g/mol. The van der Waals surface area contributed by atoms with Crippen LogP contribution >= 0.6 is 0 Å². The maximum Gasteiger partial charge on any atom is 4.00 e. The summed E-state index contributed by atoms with van der Waals surface area (Å²) in [6, 6.07) is 0. The first-order valence-corrected chi connectivity index (χ1v) is 7.50. The van der Waals surface area contributed by atoms with Crippen molar-refractivity contribution in [2.45, 2.75) is 53.3 Å². The molecule has 0 spiro atoms. The molecule has 18 heavy (non-hydrogen) atoms. The van der Waals surface area contributed by atoms with Crippen LogP contribution in [0.3, 0.4) is 0 Å². The fourth-order valence-electron chi connectivity index (χ4n) is 0.421. The Bertz CT molecular complexity index is 180. The quantitative estimate of drug-likeness (QED) is 0.321. The van der Waals surface area contributed by atoms with Gasteiger partial charge in [-0.25, -0.2) is 18.6 Å². The maximum atomic E-state index is 6.94. The molecule has 0 aromatic heterocycles. The predicted molar refractivity (Wildman–Crippen MR) is 76.9 cm³/mol. The Morgan fingerprint density at radius 1 is 1.17 bits per heavy atom. The molecule has 0 aliphatic rings. The first-order valence-electron chi connectivity index (χ1n) is 5.19. The second-order valence-corrected chi connectivity index (χ2v) is 5.82. The van der Waals surface area contributed by atoms with E-state index in [2.05, 4.69) is 26.6 Å². The fourth-order valence-corrected chi connectivity index (χ4v) is 0.421. The molecule has 0 saturated heterocycles. The molecule has 0 aliphatic heterocycles. The molecule has 5 heteroatoms. The summed E-state index contributed by atoms with van der Waals surface area (Å²) in [6.07, 6.45) is 1.94. The number of halogens is 2. The Hall–Kier alpha value is 0.821. The van der Waals surface area contributed by atoms with Crippen LogP contribution in [0.5, 0.6) is 0 Å². The van der Waals surface area contributed by atoms with Gasteiger partial charge >= 0.3 is 21.7 Å². The second-order valence-electron chi connectivity index (χ2n) is 4.66. The van der Waals surface area contributed by atoms with Crippen molar-refractivity contribution in [1.82, 2.24) is 0 Å². The average molecular weight is 345 g/mol. The first kappa shape index (κ1) is 36.4. The van der Waals surface area contributed by atoms with Gasteiger partial charge in [-0.05, 0) is 0 Å². The molecule has 0 rings (SSSR count). The number of hydrogen-bond acceptors (Lipinski definition) is 0. The molecule has 0 aliphatic carbocycles. The minimum Gasteiger partial charge on any atom is -1.00 e. The molecule has 1 radical (unpaired) electrons. The molecule has 0 amide bonds. The number of rotatable bonds is 1. The monoisotopic (exact) mass is 344 g/mol. The van der Waals surface area contributed by atoms with Crippen molar-refractivity contribution >= 4 is 9.52 Å². The zero-order chi connectivity index (χ0) is 13.1. The minimum absolute atomic E-state index is 0. The van der Waals surface area contributed by atoms with Gasteiger partial charge in [-0.1, -0.05) is 47.7 Å². The molecule has 0 aromatic carbocycles. The average Bonchev–Trinajstić information content (AvgIpc) is 1.79. The third-order valence-electron chi connectivity index (χ3n) is 0.493. The summed E-state index contributed by atoms with van der Waals surface area (Å²) in [6.45, 7) is 21.2. The van der Waals surface area contributed by atoms with Crippen LogP contribution in [0.15, 0.2) is 23.8 Å². The Balaban J connectivity index is -0.0000000296. The van der Waals surface area contributed by atoms with Crippen LogP contribution in [-0.2, 0) is 21.7 Å². The molecule has 107 valence electrons. The van der Waals surface area contributed by atoms with Crippen molar-refractivity contribution < 1.29 is 46.5 Å². The molecular formula is C13H28Cl2NSiTi. The van der Waals surface area contributed by atoms with E-state index in [0.29, 0.717) is 0 Å². The van der Waals surface area contributed by atoms with Crippen molar-refractivity contribution in [3.05, 3.63) is 36.5 Å². The largest absolute Gasteiger partial charge is 4.00 e. The Morgan fingerprint density at radius 3 is 1.33 bits per heavy atom. The summed E-state index contributed by atoms with van der Waals surface area (Å²) >= 11 is 0. The van der Waals surface area contributed by atoms with E-state index in [4.69, 9.17) is 5.73 Å². The van der Waals surface area contributed by atoms with Gasteiger partial charge in [-0.3, -0.25) is 0 Å². The topological polar surface area (TPSA) is 23.8 Å². The minimum atomic E-state index is -0.250. The van der Waals surface area contributed by atoms with E-state index in [1.54, 1.807) is 0 Å². The Labute approximate surface area is 145 Å². The first-order chi connectivity index (χ1) is 6.54. The third kappa shape index (κ3) is 181. The van der Waals surface area contributed by atoms with Gasteiger partial charge in [0.15, 0.2) is 0 Å². The van der Waals surface area contributed by atoms with Gasteiger partial charge in [-0.15, -0.1) is 17.7 Å². The number of hydrogen-bond donors (Lipinski definition) is 0. The molecule has 1 N–H and O–H groups in total.